The third-order valence-electron chi connectivity index (χ3n) is 2.80. The lowest BCUT2D eigenvalue weighted by Crippen LogP contribution is -2.02. The lowest BCUT2D eigenvalue weighted by Gasteiger charge is -2.05. The van der Waals surface area contributed by atoms with E-state index in [0.717, 1.165) is 41.9 Å². The number of fused-ring (bicyclic) bond motifs is 1. The Hall–Kier alpha value is -1.42. The predicted molar refractivity (Wildman–Crippen MR) is 65.3 cm³/mol. The molecule has 0 saturated carbocycles. The minimum Gasteiger partial charge on any atom is -0.340 e. The van der Waals surface area contributed by atoms with Gasteiger partial charge < -0.3 is 10.7 Å². The zero-order valence-corrected chi connectivity index (χ0v) is 9.83. The fourth-order valence-electron chi connectivity index (χ4n) is 1.82. The van der Waals surface area contributed by atoms with Crippen molar-refractivity contribution in [1.29, 1.82) is 0 Å². The van der Waals surface area contributed by atoms with E-state index in [2.05, 4.69) is 27.9 Å². The number of nitrogens with two attached hydrogens (primary N) is 1. The zero-order chi connectivity index (χ0) is 11.5. The minimum absolute atomic E-state index is 0.415. The quantitative estimate of drug-likeness (QED) is 0.825. The Morgan fingerprint density at radius 1 is 1.50 bits per heavy atom. The van der Waals surface area contributed by atoms with E-state index in [1.165, 1.54) is 0 Å². The number of nitrogens with zero attached hydrogens (tertiary/aromatic N) is 2. The average molecular weight is 218 g/mol. The summed E-state index contributed by atoms with van der Waals surface area (Å²) in [7, 11) is 0. The summed E-state index contributed by atoms with van der Waals surface area (Å²) in [6, 6.07) is 2.08. The first-order valence-corrected chi connectivity index (χ1v) is 5.73. The monoisotopic (exact) mass is 218 g/mol. The number of aromatic nitrogens is 3. The minimum atomic E-state index is 0.415. The Kier molecular flexibility index (Phi) is 3.19. The van der Waals surface area contributed by atoms with Gasteiger partial charge in [0.2, 0.25) is 0 Å². The van der Waals surface area contributed by atoms with Crippen LogP contribution in [0.15, 0.2) is 12.3 Å². The van der Waals surface area contributed by atoms with Crippen LogP contribution in [0.1, 0.15) is 37.1 Å². The SMILES string of the molecule is Cc1cnc2nc(C(C)CCCN)[nH]c2c1. The molecule has 86 valence electrons. The normalized spacial score (nSPS) is 13.2. The molecule has 4 nitrogen and oxygen atoms in total. The maximum atomic E-state index is 5.51. The number of rotatable bonds is 4. The molecule has 0 spiro atoms. The van der Waals surface area contributed by atoms with E-state index >= 15 is 0 Å². The highest BCUT2D eigenvalue weighted by molar-refractivity contribution is 5.71. The van der Waals surface area contributed by atoms with Gasteiger partial charge in [-0.25, -0.2) is 9.97 Å². The first kappa shape index (κ1) is 11.1. The lowest BCUT2D eigenvalue weighted by atomic mass is 10.1. The average Bonchev–Trinajstić information content (AvgIpc) is 2.68. The van der Waals surface area contributed by atoms with Crippen LogP contribution in [0.25, 0.3) is 11.2 Å². The molecule has 1 atom stereocenters. The van der Waals surface area contributed by atoms with E-state index in [1.807, 2.05) is 13.1 Å². The number of hydrogen-bond donors (Lipinski definition) is 2. The number of imidazole rings is 1. The van der Waals surface area contributed by atoms with Crippen LogP contribution in [0, 0.1) is 6.92 Å². The van der Waals surface area contributed by atoms with Crippen molar-refractivity contribution in [2.75, 3.05) is 6.54 Å². The van der Waals surface area contributed by atoms with Gasteiger partial charge in [-0.1, -0.05) is 6.92 Å². The standard InChI is InChI=1S/C12H18N4/c1-8-6-10-12(14-7-8)16-11(15-10)9(2)4-3-5-13/h6-7,9H,3-5,13H2,1-2H3,(H,14,15,16). The first-order valence-electron chi connectivity index (χ1n) is 5.73. The molecule has 4 heteroatoms. The van der Waals surface area contributed by atoms with Gasteiger partial charge in [-0.15, -0.1) is 0 Å². The Balaban J connectivity index is 2.25. The molecular formula is C12H18N4. The highest BCUT2D eigenvalue weighted by atomic mass is 15.0. The predicted octanol–water partition coefficient (Wildman–Crippen LogP) is 2.11. The molecule has 0 aliphatic rings. The van der Waals surface area contributed by atoms with Crippen molar-refractivity contribution in [2.45, 2.75) is 32.6 Å². The second kappa shape index (κ2) is 4.61. The highest BCUT2D eigenvalue weighted by Crippen LogP contribution is 2.20. The lowest BCUT2D eigenvalue weighted by molar-refractivity contribution is 0.616. The summed E-state index contributed by atoms with van der Waals surface area (Å²) in [6.07, 6.45) is 3.94. The smallest absolute Gasteiger partial charge is 0.177 e. The summed E-state index contributed by atoms with van der Waals surface area (Å²) in [6.45, 7) is 4.94. The molecule has 1 unspecified atom stereocenters. The topological polar surface area (TPSA) is 67.6 Å². The van der Waals surface area contributed by atoms with Gasteiger partial charge in [0.15, 0.2) is 5.65 Å². The number of H-pyrrole nitrogens is 1. The van der Waals surface area contributed by atoms with Crippen LogP contribution in [0.5, 0.6) is 0 Å². The molecule has 0 bridgehead atoms. The van der Waals surface area contributed by atoms with Crippen LogP contribution in [0.2, 0.25) is 0 Å². The van der Waals surface area contributed by atoms with E-state index in [4.69, 9.17) is 5.73 Å². The molecule has 2 aromatic rings. The Morgan fingerprint density at radius 3 is 3.06 bits per heavy atom. The zero-order valence-electron chi connectivity index (χ0n) is 9.83. The van der Waals surface area contributed by atoms with Gasteiger partial charge in [0, 0.05) is 12.1 Å². The highest BCUT2D eigenvalue weighted by Gasteiger charge is 2.10. The van der Waals surface area contributed by atoms with E-state index in [1.54, 1.807) is 0 Å². The molecule has 0 amide bonds. The van der Waals surface area contributed by atoms with Gasteiger partial charge in [0.05, 0.1) is 5.52 Å². The van der Waals surface area contributed by atoms with Gasteiger partial charge in [0.1, 0.15) is 5.82 Å². The summed E-state index contributed by atoms with van der Waals surface area (Å²) in [5, 5.41) is 0. The number of pyridine rings is 1. The van der Waals surface area contributed by atoms with Crippen molar-refractivity contribution in [2.24, 2.45) is 5.73 Å². The van der Waals surface area contributed by atoms with E-state index in [0.29, 0.717) is 5.92 Å². The number of aromatic amines is 1. The van der Waals surface area contributed by atoms with Crippen LogP contribution in [0.3, 0.4) is 0 Å². The number of nitrogens with one attached hydrogen (secondary N) is 1. The molecule has 0 fully saturated rings. The number of hydrogen-bond acceptors (Lipinski definition) is 3. The fourth-order valence-corrected chi connectivity index (χ4v) is 1.82. The third-order valence-corrected chi connectivity index (χ3v) is 2.80. The maximum absolute atomic E-state index is 5.51. The molecule has 0 saturated heterocycles. The van der Waals surface area contributed by atoms with Crippen molar-refractivity contribution in [3.63, 3.8) is 0 Å². The molecule has 0 aliphatic heterocycles. The van der Waals surface area contributed by atoms with E-state index in [-0.39, 0.29) is 0 Å². The molecule has 0 radical (unpaired) electrons. The maximum Gasteiger partial charge on any atom is 0.177 e. The van der Waals surface area contributed by atoms with E-state index in [9.17, 15) is 0 Å². The molecular weight excluding hydrogens is 200 g/mol. The van der Waals surface area contributed by atoms with Gasteiger partial charge in [-0.3, -0.25) is 0 Å². The summed E-state index contributed by atoms with van der Waals surface area (Å²) in [5.41, 5.74) is 8.49. The van der Waals surface area contributed by atoms with Crippen molar-refractivity contribution in [3.8, 4) is 0 Å². The molecule has 2 heterocycles. The second-order valence-electron chi connectivity index (χ2n) is 4.34. The third kappa shape index (κ3) is 2.22. The van der Waals surface area contributed by atoms with Crippen LogP contribution >= 0.6 is 0 Å². The molecule has 2 rings (SSSR count). The van der Waals surface area contributed by atoms with Gasteiger partial charge in [-0.2, -0.15) is 0 Å². The largest absolute Gasteiger partial charge is 0.340 e. The van der Waals surface area contributed by atoms with Crippen LogP contribution in [-0.2, 0) is 0 Å². The Morgan fingerprint density at radius 2 is 2.31 bits per heavy atom. The Labute approximate surface area is 95.3 Å². The van der Waals surface area contributed by atoms with Crippen molar-refractivity contribution < 1.29 is 0 Å². The molecule has 0 aromatic carbocycles. The van der Waals surface area contributed by atoms with Crippen LogP contribution < -0.4 is 5.73 Å². The van der Waals surface area contributed by atoms with Gasteiger partial charge >= 0.3 is 0 Å². The summed E-state index contributed by atoms with van der Waals surface area (Å²) < 4.78 is 0. The fraction of sp³-hybridized carbons (Fsp3) is 0.500. The van der Waals surface area contributed by atoms with Crippen molar-refractivity contribution >= 4 is 11.2 Å². The molecule has 16 heavy (non-hydrogen) atoms. The van der Waals surface area contributed by atoms with Gasteiger partial charge in [0.25, 0.3) is 0 Å². The molecule has 3 N–H and O–H groups in total. The second-order valence-corrected chi connectivity index (χ2v) is 4.34. The van der Waals surface area contributed by atoms with Gasteiger partial charge in [-0.05, 0) is 37.9 Å². The molecule has 2 aromatic heterocycles. The van der Waals surface area contributed by atoms with E-state index < -0.39 is 0 Å². The van der Waals surface area contributed by atoms with Crippen molar-refractivity contribution in [3.05, 3.63) is 23.7 Å². The summed E-state index contributed by atoms with van der Waals surface area (Å²) >= 11 is 0. The molecule has 0 aliphatic carbocycles. The summed E-state index contributed by atoms with van der Waals surface area (Å²) in [4.78, 5) is 12.1. The Bertz CT molecular complexity index is 475. The summed E-state index contributed by atoms with van der Waals surface area (Å²) in [5.74, 6) is 1.43. The van der Waals surface area contributed by atoms with Crippen molar-refractivity contribution in [1.82, 2.24) is 15.0 Å². The number of aryl methyl sites for hydroxylation is 1. The first-order chi connectivity index (χ1) is 7.70. The van der Waals surface area contributed by atoms with Crippen LogP contribution in [-0.4, -0.2) is 21.5 Å². The van der Waals surface area contributed by atoms with Crippen LogP contribution in [0.4, 0.5) is 0 Å².